The minimum Gasteiger partial charge on any atom is -0.396 e. The van der Waals surface area contributed by atoms with Crippen LogP contribution in [-0.4, -0.2) is 39.9 Å². The number of para-hydroxylation sites is 1. The molecule has 0 spiro atoms. The standard InChI is InChI=1S/C17H18FNO4S/c18-14-6-8-16(9-7-14)24(21,22)19(15-4-2-1-3-5-15)10-17(11-20)12-23-13-17/h1-9,20H,10-13H2. The topological polar surface area (TPSA) is 66.8 Å². The van der Waals surface area contributed by atoms with Crippen LogP contribution in [0, 0.1) is 11.2 Å². The van der Waals surface area contributed by atoms with Crippen molar-refractivity contribution in [3.05, 3.63) is 60.4 Å². The van der Waals surface area contributed by atoms with Crippen LogP contribution in [0.5, 0.6) is 0 Å². The maximum Gasteiger partial charge on any atom is 0.264 e. The van der Waals surface area contributed by atoms with Gasteiger partial charge < -0.3 is 9.84 Å². The number of aliphatic hydroxyl groups is 1. The Kier molecular flexibility index (Phi) is 4.58. The third kappa shape index (κ3) is 3.15. The summed E-state index contributed by atoms with van der Waals surface area (Å²) < 4.78 is 45.7. The third-order valence-corrected chi connectivity index (χ3v) is 5.86. The Morgan fingerprint density at radius 2 is 1.71 bits per heavy atom. The second-order valence-electron chi connectivity index (χ2n) is 5.95. The quantitative estimate of drug-likeness (QED) is 0.865. The first-order valence-corrected chi connectivity index (χ1v) is 8.93. The van der Waals surface area contributed by atoms with Crippen LogP contribution in [0.25, 0.3) is 0 Å². The van der Waals surface area contributed by atoms with Crippen LogP contribution in [0.1, 0.15) is 0 Å². The van der Waals surface area contributed by atoms with Crippen LogP contribution >= 0.6 is 0 Å². The smallest absolute Gasteiger partial charge is 0.264 e. The molecule has 0 radical (unpaired) electrons. The van der Waals surface area contributed by atoms with Gasteiger partial charge in [0.2, 0.25) is 0 Å². The number of hydrogen-bond donors (Lipinski definition) is 1. The summed E-state index contributed by atoms with van der Waals surface area (Å²) in [6, 6.07) is 13.4. The zero-order valence-electron chi connectivity index (χ0n) is 12.9. The van der Waals surface area contributed by atoms with E-state index in [1.165, 1.54) is 16.4 Å². The molecule has 0 aliphatic carbocycles. The molecule has 0 unspecified atom stereocenters. The van der Waals surface area contributed by atoms with E-state index in [4.69, 9.17) is 4.74 Å². The summed E-state index contributed by atoms with van der Waals surface area (Å²) in [5.74, 6) is -0.501. The third-order valence-electron chi connectivity index (χ3n) is 4.08. The largest absolute Gasteiger partial charge is 0.396 e. The Bertz CT molecular complexity index is 784. The molecule has 0 aromatic heterocycles. The van der Waals surface area contributed by atoms with Gasteiger partial charge in [-0.15, -0.1) is 0 Å². The molecule has 24 heavy (non-hydrogen) atoms. The van der Waals surface area contributed by atoms with E-state index in [-0.39, 0.29) is 18.0 Å². The number of anilines is 1. The maximum absolute atomic E-state index is 13.1. The molecule has 0 amide bonds. The van der Waals surface area contributed by atoms with E-state index in [0.717, 1.165) is 12.1 Å². The lowest BCUT2D eigenvalue weighted by Gasteiger charge is -2.43. The highest BCUT2D eigenvalue weighted by Crippen LogP contribution is 2.33. The fourth-order valence-corrected chi connectivity index (χ4v) is 4.15. The Labute approximate surface area is 140 Å². The highest BCUT2D eigenvalue weighted by Gasteiger charge is 2.42. The number of sulfonamides is 1. The van der Waals surface area contributed by atoms with Crippen molar-refractivity contribution in [1.29, 1.82) is 0 Å². The summed E-state index contributed by atoms with van der Waals surface area (Å²) in [6.45, 7) is 0.514. The normalized spacial score (nSPS) is 16.4. The Morgan fingerprint density at radius 1 is 1.08 bits per heavy atom. The summed E-state index contributed by atoms with van der Waals surface area (Å²) in [7, 11) is -3.89. The van der Waals surface area contributed by atoms with Gasteiger partial charge in [0.15, 0.2) is 0 Å². The number of hydrogen-bond acceptors (Lipinski definition) is 4. The molecule has 0 bridgehead atoms. The summed E-state index contributed by atoms with van der Waals surface area (Å²) in [4.78, 5) is 0.00100. The molecular weight excluding hydrogens is 333 g/mol. The number of aliphatic hydroxyl groups excluding tert-OH is 1. The molecule has 1 heterocycles. The van der Waals surface area contributed by atoms with Crippen molar-refractivity contribution in [2.24, 2.45) is 5.41 Å². The molecule has 1 aliphatic heterocycles. The van der Waals surface area contributed by atoms with Gasteiger partial charge in [0.05, 0.1) is 35.8 Å². The molecular formula is C17H18FNO4S. The van der Waals surface area contributed by atoms with E-state index < -0.39 is 21.3 Å². The van der Waals surface area contributed by atoms with Crippen LogP contribution in [0.2, 0.25) is 0 Å². The van der Waals surface area contributed by atoms with Gasteiger partial charge in [-0.3, -0.25) is 4.31 Å². The van der Waals surface area contributed by atoms with Gasteiger partial charge in [-0.2, -0.15) is 0 Å². The molecule has 2 aromatic carbocycles. The van der Waals surface area contributed by atoms with Gasteiger partial charge in [0, 0.05) is 6.54 Å². The van der Waals surface area contributed by atoms with E-state index >= 15 is 0 Å². The lowest BCUT2D eigenvalue weighted by atomic mass is 9.87. The highest BCUT2D eigenvalue weighted by molar-refractivity contribution is 7.92. The van der Waals surface area contributed by atoms with Gasteiger partial charge in [-0.25, -0.2) is 12.8 Å². The minimum atomic E-state index is -3.89. The zero-order chi connectivity index (χ0) is 17.2. The van der Waals surface area contributed by atoms with E-state index in [1.54, 1.807) is 30.3 Å². The first kappa shape index (κ1) is 16.9. The van der Waals surface area contributed by atoms with E-state index in [0.29, 0.717) is 18.9 Å². The summed E-state index contributed by atoms with van der Waals surface area (Å²) in [6.07, 6.45) is 0. The van der Waals surface area contributed by atoms with Gasteiger partial charge in [0.25, 0.3) is 10.0 Å². The van der Waals surface area contributed by atoms with Crippen LogP contribution in [0.4, 0.5) is 10.1 Å². The molecule has 1 saturated heterocycles. The average molecular weight is 351 g/mol. The van der Waals surface area contributed by atoms with Gasteiger partial charge in [-0.1, -0.05) is 18.2 Å². The first-order chi connectivity index (χ1) is 11.5. The molecule has 2 aromatic rings. The summed E-state index contributed by atoms with van der Waals surface area (Å²) in [5.41, 5.74) is -0.135. The fraction of sp³-hybridized carbons (Fsp3) is 0.294. The maximum atomic E-state index is 13.1. The number of ether oxygens (including phenoxy) is 1. The van der Waals surface area contributed by atoms with Crippen molar-refractivity contribution in [2.75, 3.05) is 30.7 Å². The number of benzene rings is 2. The predicted molar refractivity (Wildman–Crippen MR) is 87.7 cm³/mol. The van der Waals surface area contributed by atoms with Crippen LogP contribution in [0.15, 0.2) is 59.5 Å². The lowest BCUT2D eigenvalue weighted by Crippen LogP contribution is -2.54. The van der Waals surface area contributed by atoms with E-state index in [2.05, 4.69) is 0 Å². The molecule has 1 aliphatic rings. The van der Waals surface area contributed by atoms with Crippen molar-refractivity contribution < 1.29 is 22.7 Å². The van der Waals surface area contributed by atoms with Crippen molar-refractivity contribution in [3.8, 4) is 0 Å². The number of halogens is 1. The van der Waals surface area contributed by atoms with Crippen molar-refractivity contribution in [3.63, 3.8) is 0 Å². The molecule has 0 atom stereocenters. The van der Waals surface area contributed by atoms with Gasteiger partial charge in [0.1, 0.15) is 5.82 Å². The lowest BCUT2D eigenvalue weighted by molar-refractivity contribution is -0.129. The molecule has 3 rings (SSSR count). The Balaban J connectivity index is 2.02. The monoisotopic (exact) mass is 351 g/mol. The molecule has 1 N–H and O–H groups in total. The van der Waals surface area contributed by atoms with Crippen molar-refractivity contribution in [2.45, 2.75) is 4.90 Å². The minimum absolute atomic E-state index is 0.00100. The highest BCUT2D eigenvalue weighted by atomic mass is 32.2. The molecule has 7 heteroatoms. The summed E-state index contributed by atoms with van der Waals surface area (Å²) >= 11 is 0. The fourth-order valence-electron chi connectivity index (χ4n) is 2.57. The van der Waals surface area contributed by atoms with E-state index in [9.17, 15) is 17.9 Å². The average Bonchev–Trinajstić information content (AvgIpc) is 2.55. The molecule has 0 saturated carbocycles. The number of nitrogens with zero attached hydrogens (tertiary/aromatic N) is 1. The van der Waals surface area contributed by atoms with Gasteiger partial charge >= 0.3 is 0 Å². The Hall–Kier alpha value is -1.96. The molecule has 5 nitrogen and oxygen atoms in total. The van der Waals surface area contributed by atoms with E-state index in [1.807, 2.05) is 0 Å². The van der Waals surface area contributed by atoms with Crippen LogP contribution < -0.4 is 4.31 Å². The number of rotatable bonds is 6. The van der Waals surface area contributed by atoms with Crippen LogP contribution in [-0.2, 0) is 14.8 Å². The van der Waals surface area contributed by atoms with Gasteiger partial charge in [-0.05, 0) is 36.4 Å². The first-order valence-electron chi connectivity index (χ1n) is 7.49. The molecule has 128 valence electrons. The second-order valence-corrected chi connectivity index (χ2v) is 7.81. The zero-order valence-corrected chi connectivity index (χ0v) is 13.7. The SMILES string of the molecule is O=S(=O)(c1ccc(F)cc1)N(CC1(CO)COC1)c1ccccc1. The van der Waals surface area contributed by atoms with Crippen LogP contribution in [0.3, 0.4) is 0 Å². The summed E-state index contributed by atoms with van der Waals surface area (Å²) in [5, 5.41) is 9.65. The van der Waals surface area contributed by atoms with Crippen molar-refractivity contribution >= 4 is 15.7 Å². The van der Waals surface area contributed by atoms with Crippen molar-refractivity contribution in [1.82, 2.24) is 0 Å². The predicted octanol–water partition coefficient (Wildman–Crippen LogP) is 2.03. The molecule has 1 fully saturated rings. The second kappa shape index (κ2) is 6.51. The Morgan fingerprint density at radius 3 is 2.21 bits per heavy atom.